The molecule has 1 aromatic rings. The van der Waals surface area contributed by atoms with Gasteiger partial charge in [-0.15, -0.1) is 0 Å². The van der Waals surface area contributed by atoms with E-state index in [2.05, 4.69) is 15.9 Å². The molecular formula is C12H13BrFNOS. The minimum absolute atomic E-state index is 0.121. The van der Waals surface area contributed by atoms with Crippen molar-refractivity contribution in [1.29, 1.82) is 0 Å². The topological polar surface area (TPSA) is 20.3 Å². The summed E-state index contributed by atoms with van der Waals surface area (Å²) in [5, 5.41) is 0. The highest BCUT2D eigenvalue weighted by molar-refractivity contribution is 9.10. The van der Waals surface area contributed by atoms with Crippen molar-refractivity contribution in [2.75, 3.05) is 18.6 Å². The lowest BCUT2D eigenvalue weighted by Crippen LogP contribution is -2.37. The number of thioether (sulfide) groups is 1. The second-order valence-corrected chi connectivity index (χ2v) is 5.98. The van der Waals surface area contributed by atoms with E-state index >= 15 is 0 Å². The van der Waals surface area contributed by atoms with E-state index in [1.165, 1.54) is 6.07 Å². The molecule has 1 atom stereocenters. The standard InChI is InChI=1S/C12H13BrFNOS/c1-15(8-5-6-17-7-8)12(16)9-3-2-4-10(14)11(9)13/h2-4,8H,5-7H2,1H3. The SMILES string of the molecule is CN(C(=O)c1cccc(F)c1Br)C1CCSC1. The van der Waals surface area contributed by atoms with Gasteiger partial charge < -0.3 is 4.90 Å². The van der Waals surface area contributed by atoms with Crippen LogP contribution in [0, 0.1) is 5.82 Å². The molecule has 1 aromatic carbocycles. The van der Waals surface area contributed by atoms with Gasteiger partial charge in [0.25, 0.3) is 5.91 Å². The Morgan fingerprint density at radius 3 is 3.00 bits per heavy atom. The Morgan fingerprint density at radius 1 is 1.59 bits per heavy atom. The van der Waals surface area contributed by atoms with Crippen LogP contribution in [0.25, 0.3) is 0 Å². The summed E-state index contributed by atoms with van der Waals surface area (Å²) >= 11 is 4.98. The largest absolute Gasteiger partial charge is 0.338 e. The van der Waals surface area contributed by atoms with Gasteiger partial charge in [-0.05, 0) is 40.2 Å². The Labute approximate surface area is 113 Å². The minimum Gasteiger partial charge on any atom is -0.338 e. The average molecular weight is 318 g/mol. The quantitative estimate of drug-likeness (QED) is 0.835. The molecule has 17 heavy (non-hydrogen) atoms. The van der Waals surface area contributed by atoms with Crippen molar-refractivity contribution in [3.63, 3.8) is 0 Å². The third kappa shape index (κ3) is 2.65. The molecule has 0 bridgehead atoms. The Kier molecular flexibility index (Phi) is 4.09. The molecule has 0 N–H and O–H groups in total. The van der Waals surface area contributed by atoms with E-state index in [9.17, 15) is 9.18 Å². The zero-order valence-corrected chi connectivity index (χ0v) is 11.9. The maximum atomic E-state index is 13.4. The number of benzene rings is 1. The summed E-state index contributed by atoms with van der Waals surface area (Å²) in [6, 6.07) is 4.81. The fourth-order valence-corrected chi connectivity index (χ4v) is 3.55. The molecule has 1 amide bonds. The van der Waals surface area contributed by atoms with Crippen LogP contribution in [0.2, 0.25) is 0 Å². The van der Waals surface area contributed by atoms with Crippen molar-refractivity contribution < 1.29 is 9.18 Å². The summed E-state index contributed by atoms with van der Waals surface area (Å²) in [6.07, 6.45) is 1.01. The highest BCUT2D eigenvalue weighted by Gasteiger charge is 2.26. The Hall–Kier alpha value is -0.550. The van der Waals surface area contributed by atoms with Crippen LogP contribution in [0.4, 0.5) is 4.39 Å². The van der Waals surface area contributed by atoms with Crippen molar-refractivity contribution in [2.24, 2.45) is 0 Å². The first-order valence-corrected chi connectivity index (χ1v) is 7.35. The van der Waals surface area contributed by atoms with Gasteiger partial charge in [0.1, 0.15) is 5.82 Å². The lowest BCUT2D eigenvalue weighted by molar-refractivity contribution is 0.0746. The lowest BCUT2D eigenvalue weighted by atomic mass is 10.1. The van der Waals surface area contributed by atoms with Crippen LogP contribution in [0.3, 0.4) is 0 Å². The molecule has 2 nitrogen and oxygen atoms in total. The smallest absolute Gasteiger partial charge is 0.255 e. The van der Waals surface area contributed by atoms with Crippen LogP contribution in [-0.2, 0) is 0 Å². The highest BCUT2D eigenvalue weighted by atomic mass is 79.9. The maximum Gasteiger partial charge on any atom is 0.255 e. The molecule has 1 heterocycles. The van der Waals surface area contributed by atoms with Crippen LogP contribution < -0.4 is 0 Å². The van der Waals surface area contributed by atoms with Crippen molar-refractivity contribution in [3.8, 4) is 0 Å². The van der Waals surface area contributed by atoms with Crippen molar-refractivity contribution in [3.05, 3.63) is 34.1 Å². The van der Waals surface area contributed by atoms with Crippen LogP contribution in [0.15, 0.2) is 22.7 Å². The zero-order valence-electron chi connectivity index (χ0n) is 9.45. The van der Waals surface area contributed by atoms with Crippen LogP contribution >= 0.6 is 27.7 Å². The maximum absolute atomic E-state index is 13.4. The number of hydrogen-bond donors (Lipinski definition) is 0. The predicted molar refractivity (Wildman–Crippen MR) is 71.9 cm³/mol. The van der Waals surface area contributed by atoms with E-state index in [0.29, 0.717) is 5.56 Å². The average Bonchev–Trinajstić information content (AvgIpc) is 2.84. The molecule has 2 rings (SSSR count). The number of hydrogen-bond acceptors (Lipinski definition) is 2. The van der Waals surface area contributed by atoms with E-state index in [4.69, 9.17) is 0 Å². The number of carbonyl (C=O) groups excluding carboxylic acids is 1. The van der Waals surface area contributed by atoms with Gasteiger partial charge >= 0.3 is 0 Å². The third-order valence-corrected chi connectivity index (χ3v) is 4.91. The first-order valence-electron chi connectivity index (χ1n) is 5.40. The van der Waals surface area contributed by atoms with E-state index in [1.807, 2.05) is 11.8 Å². The predicted octanol–water partition coefficient (Wildman–Crippen LogP) is 3.17. The number of rotatable bonds is 2. The summed E-state index contributed by atoms with van der Waals surface area (Å²) < 4.78 is 13.6. The van der Waals surface area contributed by atoms with E-state index < -0.39 is 5.82 Å². The molecule has 1 aliphatic heterocycles. The number of halogens is 2. The summed E-state index contributed by atoms with van der Waals surface area (Å²) in [5.74, 6) is 1.54. The molecular weight excluding hydrogens is 305 g/mol. The number of amides is 1. The second kappa shape index (κ2) is 5.40. The van der Waals surface area contributed by atoms with E-state index in [-0.39, 0.29) is 16.4 Å². The first-order chi connectivity index (χ1) is 8.11. The van der Waals surface area contributed by atoms with E-state index in [1.54, 1.807) is 24.1 Å². The molecule has 5 heteroatoms. The molecule has 0 aliphatic carbocycles. The first kappa shape index (κ1) is 12.9. The molecule has 1 unspecified atom stereocenters. The van der Waals surface area contributed by atoms with Crippen molar-refractivity contribution in [1.82, 2.24) is 4.90 Å². The number of nitrogens with zero attached hydrogens (tertiary/aromatic N) is 1. The van der Waals surface area contributed by atoms with Gasteiger partial charge in [0.15, 0.2) is 0 Å². The third-order valence-electron chi connectivity index (χ3n) is 2.96. The van der Waals surface area contributed by atoms with Crippen molar-refractivity contribution in [2.45, 2.75) is 12.5 Å². The van der Waals surface area contributed by atoms with Gasteiger partial charge in [-0.25, -0.2) is 4.39 Å². The fourth-order valence-electron chi connectivity index (χ4n) is 1.85. The monoisotopic (exact) mass is 317 g/mol. The van der Waals surface area contributed by atoms with Gasteiger partial charge in [-0.2, -0.15) is 11.8 Å². The van der Waals surface area contributed by atoms with Crippen molar-refractivity contribution >= 4 is 33.6 Å². The molecule has 0 aromatic heterocycles. The summed E-state index contributed by atoms with van der Waals surface area (Å²) in [5.41, 5.74) is 0.393. The zero-order chi connectivity index (χ0) is 12.4. The summed E-state index contributed by atoms with van der Waals surface area (Å²) in [4.78, 5) is 13.9. The second-order valence-electron chi connectivity index (χ2n) is 4.03. The van der Waals surface area contributed by atoms with Gasteiger partial charge in [0, 0.05) is 18.8 Å². The van der Waals surface area contributed by atoms with Gasteiger partial charge in [0.05, 0.1) is 10.0 Å². The Bertz CT molecular complexity index is 435. The van der Waals surface area contributed by atoms with Gasteiger partial charge in [-0.3, -0.25) is 4.79 Å². The minimum atomic E-state index is -0.398. The Morgan fingerprint density at radius 2 is 2.35 bits per heavy atom. The Balaban J connectivity index is 2.21. The molecule has 0 radical (unpaired) electrons. The van der Waals surface area contributed by atoms with E-state index in [0.717, 1.165) is 17.9 Å². The lowest BCUT2D eigenvalue weighted by Gasteiger charge is -2.24. The molecule has 0 saturated carbocycles. The molecule has 0 spiro atoms. The van der Waals surface area contributed by atoms with Crippen LogP contribution in [0.5, 0.6) is 0 Å². The molecule has 92 valence electrons. The summed E-state index contributed by atoms with van der Waals surface area (Å²) in [6.45, 7) is 0. The number of carbonyl (C=O) groups is 1. The fraction of sp³-hybridized carbons (Fsp3) is 0.417. The molecule has 1 aliphatic rings. The van der Waals surface area contributed by atoms with Gasteiger partial charge in [0.2, 0.25) is 0 Å². The van der Waals surface area contributed by atoms with Gasteiger partial charge in [-0.1, -0.05) is 6.07 Å². The highest BCUT2D eigenvalue weighted by Crippen LogP contribution is 2.26. The summed E-state index contributed by atoms with van der Waals surface area (Å²) in [7, 11) is 1.79. The van der Waals surface area contributed by atoms with Crippen LogP contribution in [-0.4, -0.2) is 35.4 Å². The normalized spacial score (nSPS) is 19.4. The van der Waals surface area contributed by atoms with Crippen LogP contribution in [0.1, 0.15) is 16.8 Å². The molecule has 1 fully saturated rings. The molecule has 1 saturated heterocycles.